The van der Waals surface area contributed by atoms with Crippen LogP contribution in [0.25, 0.3) is 0 Å². The van der Waals surface area contributed by atoms with Crippen molar-refractivity contribution in [1.82, 2.24) is 0 Å². The molecule has 1 rings (SSSR count). The Labute approximate surface area is 253 Å². The zero-order valence-electron chi connectivity index (χ0n) is 27.6. The first-order chi connectivity index (χ1) is 19.4. The summed E-state index contributed by atoms with van der Waals surface area (Å²) in [6.07, 6.45) is 41.4. The maximum Gasteiger partial charge on any atom is 0.0892 e. The van der Waals surface area contributed by atoms with E-state index in [-0.39, 0.29) is 5.60 Å². The van der Waals surface area contributed by atoms with Crippen molar-refractivity contribution in [2.75, 3.05) is 0 Å². The monoisotopic (exact) mass is 552 g/mol. The molecule has 0 aromatic carbocycles. The van der Waals surface area contributed by atoms with Gasteiger partial charge in [-0.2, -0.15) is 0 Å². The highest BCUT2D eigenvalue weighted by atomic mass is 16.6. The van der Waals surface area contributed by atoms with Crippen molar-refractivity contribution in [2.24, 2.45) is 0 Å². The highest BCUT2D eigenvalue weighted by Gasteiger charge is 2.46. The van der Waals surface area contributed by atoms with E-state index in [4.69, 9.17) is 4.74 Å². The van der Waals surface area contributed by atoms with Crippen molar-refractivity contribution < 1.29 is 4.74 Å². The van der Waals surface area contributed by atoms with E-state index in [1.54, 1.807) is 0 Å². The Balaban J connectivity index is 2.45. The van der Waals surface area contributed by atoms with Gasteiger partial charge in [-0.05, 0) is 94.9 Å². The summed E-state index contributed by atoms with van der Waals surface area (Å²) >= 11 is 0. The molecule has 1 heterocycles. The average molecular weight is 553 g/mol. The predicted molar refractivity (Wildman–Crippen MR) is 185 cm³/mol. The Bertz CT molecular complexity index is 1190. The van der Waals surface area contributed by atoms with E-state index >= 15 is 0 Å². The molecule has 0 aromatic heterocycles. The van der Waals surface area contributed by atoms with Crippen molar-refractivity contribution in [3.63, 3.8) is 0 Å². The molecule has 1 nitrogen and oxygen atoms in total. The fourth-order valence-corrected chi connectivity index (χ4v) is 3.92. The van der Waals surface area contributed by atoms with Gasteiger partial charge in [0.25, 0.3) is 0 Å². The summed E-state index contributed by atoms with van der Waals surface area (Å²) in [6.45, 7) is 21.5. The van der Waals surface area contributed by atoms with E-state index < -0.39 is 0 Å². The lowest BCUT2D eigenvalue weighted by Gasteiger charge is -1.98. The van der Waals surface area contributed by atoms with E-state index in [0.717, 1.165) is 25.7 Å². The van der Waals surface area contributed by atoms with E-state index in [2.05, 4.69) is 173 Å². The first-order valence-corrected chi connectivity index (χ1v) is 15.1. The highest BCUT2D eigenvalue weighted by molar-refractivity contribution is 5.32. The van der Waals surface area contributed by atoms with Crippen LogP contribution in [0.3, 0.4) is 0 Å². The standard InChI is InChI=1S/C40H56O/c1-32(2)18-13-21-35(5)24-16-27-36(6)25-14-22-33(3)19-11-12-20-34(4)23-15-26-37(7)28-17-29-38(8)30-31-39-40(9,10)41-39/h11-12,14-20,22-29,39H,13,21,30-31H2,1-10H3/b12-11+,22-14+,23-15+,27-16+,28-17+,33-19+,34-20+,35-24+,36-25+,37-26+,38-29+. The van der Waals surface area contributed by atoms with Crippen molar-refractivity contribution >= 4 is 0 Å². The van der Waals surface area contributed by atoms with Gasteiger partial charge in [0.15, 0.2) is 0 Å². The average Bonchev–Trinajstić information content (AvgIpc) is 3.51. The van der Waals surface area contributed by atoms with E-state index in [1.807, 2.05) is 0 Å². The predicted octanol–water partition coefficient (Wildman–Crippen LogP) is 12.1. The number of allylic oxidation sites excluding steroid dienone is 24. The molecule has 0 bridgehead atoms. The molecular weight excluding hydrogens is 496 g/mol. The molecule has 0 aromatic rings. The Morgan fingerprint density at radius 3 is 1.29 bits per heavy atom. The number of epoxide rings is 1. The molecular formula is C40H56O. The molecule has 1 saturated heterocycles. The lowest BCUT2D eigenvalue weighted by Crippen LogP contribution is -2.02. The Morgan fingerprint density at radius 2 is 0.902 bits per heavy atom. The fraction of sp³-hybridized carbons (Fsp3) is 0.400. The molecule has 41 heavy (non-hydrogen) atoms. The number of hydrogen-bond donors (Lipinski definition) is 0. The molecule has 222 valence electrons. The molecule has 0 saturated carbocycles. The van der Waals surface area contributed by atoms with Crippen molar-refractivity contribution in [2.45, 2.75) is 107 Å². The normalized spacial score (nSPS) is 19.6. The third-order valence-electron chi connectivity index (χ3n) is 6.80. The quantitative estimate of drug-likeness (QED) is 0.105. The minimum absolute atomic E-state index is 0.0919. The molecule has 0 spiro atoms. The summed E-state index contributed by atoms with van der Waals surface area (Å²) in [5.41, 5.74) is 9.17. The third kappa shape index (κ3) is 19.5. The summed E-state index contributed by atoms with van der Waals surface area (Å²) in [7, 11) is 0. The minimum Gasteiger partial charge on any atom is -0.367 e. The minimum atomic E-state index is 0.0919. The van der Waals surface area contributed by atoms with Gasteiger partial charge in [0.05, 0.1) is 11.7 Å². The summed E-state index contributed by atoms with van der Waals surface area (Å²) in [4.78, 5) is 0. The molecule has 1 unspecified atom stereocenters. The second-order valence-corrected chi connectivity index (χ2v) is 12.1. The largest absolute Gasteiger partial charge is 0.367 e. The van der Waals surface area contributed by atoms with Gasteiger partial charge in [0.1, 0.15) is 0 Å². The van der Waals surface area contributed by atoms with Crippen LogP contribution in [-0.4, -0.2) is 11.7 Å². The summed E-state index contributed by atoms with van der Waals surface area (Å²) in [5, 5.41) is 0. The summed E-state index contributed by atoms with van der Waals surface area (Å²) < 4.78 is 5.67. The Hall–Kier alpha value is -3.16. The molecule has 1 aliphatic rings. The maximum absolute atomic E-state index is 5.67. The molecule has 0 N–H and O–H groups in total. The maximum atomic E-state index is 5.67. The fourth-order valence-electron chi connectivity index (χ4n) is 3.92. The first kappa shape index (κ1) is 35.9. The van der Waals surface area contributed by atoms with Gasteiger partial charge in [0.2, 0.25) is 0 Å². The molecule has 0 amide bonds. The molecule has 1 atom stereocenters. The van der Waals surface area contributed by atoms with Crippen LogP contribution in [0.1, 0.15) is 94.9 Å². The molecule has 0 radical (unpaired) electrons. The topological polar surface area (TPSA) is 12.5 Å². The van der Waals surface area contributed by atoms with Gasteiger partial charge >= 0.3 is 0 Å². The van der Waals surface area contributed by atoms with Gasteiger partial charge in [-0.1, -0.05) is 142 Å². The SMILES string of the molecule is CC(C)=CCC/C(C)=C/C=C/C(C)=C/C=C/C(C)=C/C=C/C=C(C)/C=C/C=C(C)/C=C/C=C(\C)CCC1OC1(C)C. The van der Waals surface area contributed by atoms with Crippen molar-refractivity contribution in [3.8, 4) is 0 Å². The zero-order chi connectivity index (χ0) is 30.7. The first-order valence-electron chi connectivity index (χ1n) is 15.1. The Morgan fingerprint density at radius 1 is 0.537 bits per heavy atom. The van der Waals surface area contributed by atoms with Crippen molar-refractivity contribution in [3.05, 3.63) is 142 Å². The third-order valence-corrected chi connectivity index (χ3v) is 6.80. The molecule has 0 aliphatic carbocycles. The van der Waals surface area contributed by atoms with E-state index in [1.165, 1.54) is 39.0 Å². The lowest BCUT2D eigenvalue weighted by atomic mass is 10.0. The number of hydrogen-bond acceptors (Lipinski definition) is 1. The smallest absolute Gasteiger partial charge is 0.0892 e. The second-order valence-electron chi connectivity index (χ2n) is 12.1. The van der Waals surface area contributed by atoms with Gasteiger partial charge in [-0.15, -0.1) is 0 Å². The van der Waals surface area contributed by atoms with Gasteiger partial charge in [-0.25, -0.2) is 0 Å². The summed E-state index contributed by atoms with van der Waals surface area (Å²) in [5.74, 6) is 0. The number of rotatable bonds is 16. The van der Waals surface area contributed by atoms with Gasteiger partial charge < -0.3 is 4.74 Å². The van der Waals surface area contributed by atoms with Gasteiger partial charge in [0, 0.05) is 0 Å². The number of ether oxygens (including phenoxy) is 1. The Kier molecular flexibility index (Phi) is 17.4. The second kappa shape index (κ2) is 19.8. The van der Waals surface area contributed by atoms with Crippen molar-refractivity contribution in [1.29, 1.82) is 0 Å². The van der Waals surface area contributed by atoms with E-state index in [0.29, 0.717) is 6.10 Å². The molecule has 1 heteroatoms. The van der Waals surface area contributed by atoms with Crippen LogP contribution in [0, 0.1) is 0 Å². The lowest BCUT2D eigenvalue weighted by molar-refractivity contribution is 0.320. The van der Waals surface area contributed by atoms with Crippen LogP contribution in [0.4, 0.5) is 0 Å². The molecule has 1 fully saturated rings. The van der Waals surface area contributed by atoms with Crippen LogP contribution in [0.5, 0.6) is 0 Å². The van der Waals surface area contributed by atoms with Crippen LogP contribution in [0.15, 0.2) is 142 Å². The van der Waals surface area contributed by atoms with E-state index in [9.17, 15) is 0 Å². The van der Waals surface area contributed by atoms with Crippen LogP contribution in [0.2, 0.25) is 0 Å². The summed E-state index contributed by atoms with van der Waals surface area (Å²) in [6, 6.07) is 0. The van der Waals surface area contributed by atoms with Crippen LogP contribution >= 0.6 is 0 Å². The van der Waals surface area contributed by atoms with Crippen LogP contribution < -0.4 is 0 Å². The van der Waals surface area contributed by atoms with Gasteiger partial charge in [-0.3, -0.25) is 0 Å². The highest BCUT2D eigenvalue weighted by Crippen LogP contribution is 2.38. The zero-order valence-corrected chi connectivity index (χ0v) is 27.6. The van der Waals surface area contributed by atoms with Crippen LogP contribution in [-0.2, 0) is 4.74 Å². The molecule has 1 aliphatic heterocycles.